The monoisotopic (exact) mass is 247 g/mol. The lowest BCUT2D eigenvalue weighted by molar-refractivity contribution is 0.241. The van der Waals surface area contributed by atoms with Gasteiger partial charge in [-0.1, -0.05) is 0 Å². The summed E-state index contributed by atoms with van der Waals surface area (Å²) in [5, 5.41) is 3.46. The summed E-state index contributed by atoms with van der Waals surface area (Å²) in [5.74, 6) is 3.55. The SMILES string of the molecule is CC(C)Oc1ccc(N2C[C@@H]3CNC[C@H]3C2)nc1. The van der Waals surface area contributed by atoms with E-state index in [9.17, 15) is 0 Å². The third kappa shape index (κ3) is 2.29. The molecule has 3 rings (SSSR count). The Balaban J connectivity index is 1.66. The van der Waals surface area contributed by atoms with Gasteiger partial charge in [-0.2, -0.15) is 0 Å². The highest BCUT2D eigenvalue weighted by Gasteiger charge is 2.36. The average Bonchev–Trinajstić information content (AvgIpc) is 2.89. The fraction of sp³-hybridized carbons (Fsp3) is 0.643. The molecule has 2 aliphatic heterocycles. The third-order valence-electron chi connectivity index (χ3n) is 3.81. The van der Waals surface area contributed by atoms with Crippen LogP contribution >= 0.6 is 0 Å². The fourth-order valence-electron chi connectivity index (χ4n) is 2.94. The number of nitrogens with zero attached hydrogens (tertiary/aromatic N) is 2. The standard InChI is InChI=1S/C14H21N3O/c1-10(2)18-13-3-4-14(16-7-13)17-8-11-5-15-6-12(11)9-17/h3-4,7,10-12,15H,5-6,8-9H2,1-2H3/t11-,12-/m0/s1. The second-order valence-corrected chi connectivity index (χ2v) is 5.60. The van der Waals surface area contributed by atoms with E-state index in [0.29, 0.717) is 0 Å². The van der Waals surface area contributed by atoms with E-state index in [-0.39, 0.29) is 6.10 Å². The summed E-state index contributed by atoms with van der Waals surface area (Å²) >= 11 is 0. The number of rotatable bonds is 3. The molecule has 1 aromatic heterocycles. The second kappa shape index (κ2) is 4.76. The summed E-state index contributed by atoms with van der Waals surface area (Å²) in [4.78, 5) is 6.92. The van der Waals surface area contributed by atoms with Crippen LogP contribution in [0, 0.1) is 11.8 Å². The maximum absolute atomic E-state index is 5.62. The molecule has 0 unspecified atom stereocenters. The number of pyridine rings is 1. The van der Waals surface area contributed by atoms with Gasteiger partial charge in [0.05, 0.1) is 12.3 Å². The maximum Gasteiger partial charge on any atom is 0.138 e. The highest BCUT2D eigenvalue weighted by Crippen LogP contribution is 2.29. The Morgan fingerprint density at radius 1 is 1.28 bits per heavy atom. The quantitative estimate of drug-likeness (QED) is 0.879. The molecular formula is C14H21N3O. The van der Waals surface area contributed by atoms with Crippen molar-refractivity contribution in [2.24, 2.45) is 11.8 Å². The fourth-order valence-corrected chi connectivity index (χ4v) is 2.94. The van der Waals surface area contributed by atoms with E-state index < -0.39 is 0 Å². The summed E-state index contributed by atoms with van der Waals surface area (Å²) in [6.45, 7) is 8.65. The Labute approximate surface area is 108 Å². The van der Waals surface area contributed by atoms with Gasteiger partial charge < -0.3 is 15.0 Å². The minimum Gasteiger partial charge on any atom is -0.489 e. The lowest BCUT2D eigenvalue weighted by Gasteiger charge is -2.19. The highest BCUT2D eigenvalue weighted by molar-refractivity contribution is 5.42. The number of anilines is 1. The predicted octanol–water partition coefficient (Wildman–Crippen LogP) is 1.52. The smallest absolute Gasteiger partial charge is 0.138 e. The highest BCUT2D eigenvalue weighted by atomic mass is 16.5. The summed E-state index contributed by atoms with van der Waals surface area (Å²) < 4.78 is 5.62. The van der Waals surface area contributed by atoms with Crippen molar-refractivity contribution in [1.82, 2.24) is 10.3 Å². The number of hydrogen-bond donors (Lipinski definition) is 1. The first-order valence-electron chi connectivity index (χ1n) is 6.81. The molecule has 0 bridgehead atoms. The molecule has 3 heterocycles. The molecule has 98 valence electrons. The molecule has 0 aliphatic carbocycles. The molecule has 0 spiro atoms. The van der Waals surface area contributed by atoms with Crippen molar-refractivity contribution in [2.45, 2.75) is 20.0 Å². The lowest BCUT2D eigenvalue weighted by atomic mass is 10.0. The summed E-state index contributed by atoms with van der Waals surface area (Å²) in [7, 11) is 0. The van der Waals surface area contributed by atoms with Gasteiger partial charge in [0.15, 0.2) is 0 Å². The van der Waals surface area contributed by atoms with Crippen molar-refractivity contribution >= 4 is 5.82 Å². The van der Waals surface area contributed by atoms with Gasteiger partial charge in [0.1, 0.15) is 11.6 Å². The number of fused-ring (bicyclic) bond motifs is 1. The van der Waals surface area contributed by atoms with Crippen LogP contribution in [0.4, 0.5) is 5.82 Å². The van der Waals surface area contributed by atoms with Crippen LogP contribution in [-0.2, 0) is 0 Å². The van der Waals surface area contributed by atoms with Crippen LogP contribution in [0.1, 0.15) is 13.8 Å². The van der Waals surface area contributed by atoms with Crippen molar-refractivity contribution in [3.63, 3.8) is 0 Å². The van der Waals surface area contributed by atoms with Crippen LogP contribution in [-0.4, -0.2) is 37.3 Å². The summed E-state index contributed by atoms with van der Waals surface area (Å²) in [6.07, 6.45) is 2.04. The number of aromatic nitrogens is 1. The molecule has 2 saturated heterocycles. The maximum atomic E-state index is 5.62. The van der Waals surface area contributed by atoms with Gasteiger partial charge in [-0.3, -0.25) is 0 Å². The van der Waals surface area contributed by atoms with Crippen molar-refractivity contribution in [1.29, 1.82) is 0 Å². The first kappa shape index (κ1) is 11.8. The van der Waals surface area contributed by atoms with Crippen LogP contribution < -0.4 is 15.0 Å². The topological polar surface area (TPSA) is 37.4 Å². The van der Waals surface area contributed by atoms with E-state index in [1.165, 1.54) is 0 Å². The van der Waals surface area contributed by atoms with E-state index >= 15 is 0 Å². The van der Waals surface area contributed by atoms with Crippen molar-refractivity contribution in [3.8, 4) is 5.75 Å². The molecule has 1 aromatic rings. The van der Waals surface area contributed by atoms with Gasteiger partial charge in [-0.25, -0.2) is 4.98 Å². The van der Waals surface area contributed by atoms with E-state index in [0.717, 1.165) is 49.6 Å². The number of ether oxygens (including phenoxy) is 1. The Kier molecular flexibility index (Phi) is 3.12. The van der Waals surface area contributed by atoms with Crippen LogP contribution in [0.2, 0.25) is 0 Å². The summed E-state index contributed by atoms with van der Waals surface area (Å²) in [6, 6.07) is 4.10. The molecule has 2 aliphatic rings. The molecule has 2 fully saturated rings. The van der Waals surface area contributed by atoms with Crippen LogP contribution in [0.3, 0.4) is 0 Å². The van der Waals surface area contributed by atoms with Gasteiger partial charge >= 0.3 is 0 Å². The van der Waals surface area contributed by atoms with E-state index in [4.69, 9.17) is 4.74 Å². The van der Waals surface area contributed by atoms with Crippen molar-refractivity contribution < 1.29 is 4.74 Å². The van der Waals surface area contributed by atoms with Crippen molar-refractivity contribution in [3.05, 3.63) is 18.3 Å². The molecular weight excluding hydrogens is 226 g/mol. The molecule has 0 aromatic carbocycles. The molecule has 0 amide bonds. The first-order valence-corrected chi connectivity index (χ1v) is 6.81. The number of hydrogen-bond acceptors (Lipinski definition) is 4. The zero-order valence-electron chi connectivity index (χ0n) is 11.1. The Hall–Kier alpha value is -1.29. The Morgan fingerprint density at radius 2 is 2.00 bits per heavy atom. The van der Waals surface area contributed by atoms with E-state index in [2.05, 4.69) is 21.3 Å². The molecule has 0 saturated carbocycles. The van der Waals surface area contributed by atoms with Crippen LogP contribution in [0.15, 0.2) is 18.3 Å². The minimum atomic E-state index is 0.204. The molecule has 4 heteroatoms. The van der Waals surface area contributed by atoms with Crippen molar-refractivity contribution in [2.75, 3.05) is 31.1 Å². The molecule has 0 radical (unpaired) electrons. The Bertz CT molecular complexity index is 392. The van der Waals surface area contributed by atoms with Gasteiger partial charge in [0.2, 0.25) is 0 Å². The largest absolute Gasteiger partial charge is 0.489 e. The van der Waals surface area contributed by atoms with Gasteiger partial charge in [0.25, 0.3) is 0 Å². The molecule has 2 atom stereocenters. The molecule has 18 heavy (non-hydrogen) atoms. The van der Waals surface area contributed by atoms with Crippen LogP contribution in [0.25, 0.3) is 0 Å². The average molecular weight is 247 g/mol. The normalized spacial score (nSPS) is 26.7. The van der Waals surface area contributed by atoms with Gasteiger partial charge in [-0.05, 0) is 37.8 Å². The first-order chi connectivity index (χ1) is 8.72. The number of nitrogens with one attached hydrogen (secondary N) is 1. The minimum absolute atomic E-state index is 0.204. The van der Waals surface area contributed by atoms with Crippen LogP contribution in [0.5, 0.6) is 5.75 Å². The molecule has 1 N–H and O–H groups in total. The van der Waals surface area contributed by atoms with Gasteiger partial charge in [0, 0.05) is 26.2 Å². The lowest BCUT2D eigenvalue weighted by Crippen LogP contribution is -2.26. The molecule has 4 nitrogen and oxygen atoms in total. The predicted molar refractivity (Wildman–Crippen MR) is 72.1 cm³/mol. The van der Waals surface area contributed by atoms with E-state index in [1.807, 2.05) is 26.1 Å². The third-order valence-corrected chi connectivity index (χ3v) is 3.81. The summed E-state index contributed by atoms with van der Waals surface area (Å²) in [5.41, 5.74) is 0. The zero-order valence-corrected chi connectivity index (χ0v) is 11.1. The van der Waals surface area contributed by atoms with E-state index in [1.54, 1.807) is 0 Å². The Morgan fingerprint density at radius 3 is 2.56 bits per heavy atom. The van der Waals surface area contributed by atoms with Gasteiger partial charge in [-0.15, -0.1) is 0 Å². The second-order valence-electron chi connectivity index (χ2n) is 5.60. The zero-order chi connectivity index (χ0) is 12.5.